The molecule has 17 heavy (non-hydrogen) atoms. The molecule has 1 heterocycles. The van der Waals surface area contributed by atoms with Crippen LogP contribution in [0.1, 0.15) is 12.8 Å². The van der Waals surface area contributed by atoms with Gasteiger partial charge in [0.2, 0.25) is 5.91 Å². The van der Waals surface area contributed by atoms with Crippen molar-refractivity contribution in [3.05, 3.63) is 29.3 Å². The molecule has 5 heteroatoms. The van der Waals surface area contributed by atoms with Crippen LogP contribution in [0.5, 0.6) is 5.75 Å². The zero-order chi connectivity index (χ0) is 12.3. The predicted octanol–water partition coefficient (Wildman–Crippen LogP) is 1.87. The Kier molecular flexibility index (Phi) is 3.64. The lowest BCUT2D eigenvalue weighted by atomic mass is 10.3. The van der Waals surface area contributed by atoms with E-state index in [-0.39, 0.29) is 18.4 Å². The summed E-state index contributed by atoms with van der Waals surface area (Å²) in [5.41, 5.74) is 0. The number of benzene rings is 1. The molecule has 0 atom stereocenters. The molecule has 1 aliphatic rings. The van der Waals surface area contributed by atoms with Gasteiger partial charge in [-0.3, -0.25) is 14.5 Å². The lowest BCUT2D eigenvalue weighted by Crippen LogP contribution is -2.35. The van der Waals surface area contributed by atoms with Crippen LogP contribution in [0.15, 0.2) is 24.3 Å². The first-order valence-electron chi connectivity index (χ1n) is 5.39. The third-order valence-electron chi connectivity index (χ3n) is 2.56. The smallest absolute Gasteiger partial charge is 0.267 e. The number of carbonyl (C=O) groups is 2. The highest BCUT2D eigenvalue weighted by Crippen LogP contribution is 2.23. The summed E-state index contributed by atoms with van der Waals surface area (Å²) >= 11 is 5.88. The monoisotopic (exact) mass is 253 g/mol. The van der Waals surface area contributed by atoms with Crippen molar-refractivity contribution >= 4 is 23.4 Å². The van der Waals surface area contributed by atoms with Crippen molar-refractivity contribution < 1.29 is 14.3 Å². The molecule has 1 fully saturated rings. The number of halogens is 1. The molecular formula is C12H12ClNO3. The van der Waals surface area contributed by atoms with Gasteiger partial charge < -0.3 is 4.74 Å². The van der Waals surface area contributed by atoms with E-state index in [1.165, 1.54) is 4.90 Å². The van der Waals surface area contributed by atoms with Gasteiger partial charge in [-0.25, -0.2) is 0 Å². The average molecular weight is 254 g/mol. The minimum atomic E-state index is -0.313. The largest absolute Gasteiger partial charge is 0.482 e. The van der Waals surface area contributed by atoms with E-state index in [1.807, 2.05) is 0 Å². The Bertz CT molecular complexity index is 447. The molecule has 1 saturated heterocycles. The highest BCUT2D eigenvalue weighted by molar-refractivity contribution is 6.32. The maximum Gasteiger partial charge on any atom is 0.267 e. The first-order valence-corrected chi connectivity index (χ1v) is 5.77. The quantitative estimate of drug-likeness (QED) is 0.826. The SMILES string of the molecule is O=C1CCCN1C(=O)COc1ccccc1Cl. The molecule has 0 saturated carbocycles. The van der Waals surface area contributed by atoms with Gasteiger partial charge in [-0.05, 0) is 18.6 Å². The van der Waals surface area contributed by atoms with E-state index in [4.69, 9.17) is 16.3 Å². The van der Waals surface area contributed by atoms with Crippen LogP contribution in [0.2, 0.25) is 5.02 Å². The Morgan fingerprint density at radius 1 is 1.41 bits per heavy atom. The summed E-state index contributed by atoms with van der Waals surface area (Å²) in [6, 6.07) is 6.91. The van der Waals surface area contributed by atoms with Gasteiger partial charge >= 0.3 is 0 Å². The standard InChI is InChI=1S/C12H12ClNO3/c13-9-4-1-2-5-10(9)17-8-12(16)14-7-3-6-11(14)15/h1-2,4-5H,3,6-8H2. The fraction of sp³-hybridized carbons (Fsp3) is 0.333. The number of nitrogens with zero attached hydrogens (tertiary/aromatic N) is 1. The number of ether oxygens (including phenoxy) is 1. The normalized spacial score (nSPS) is 15.1. The summed E-state index contributed by atoms with van der Waals surface area (Å²) in [6.07, 6.45) is 1.18. The van der Waals surface area contributed by atoms with E-state index >= 15 is 0 Å². The first-order chi connectivity index (χ1) is 8.18. The van der Waals surface area contributed by atoms with Crippen LogP contribution in [0.4, 0.5) is 0 Å². The van der Waals surface area contributed by atoms with Crippen molar-refractivity contribution in [1.29, 1.82) is 0 Å². The van der Waals surface area contributed by atoms with Gasteiger partial charge in [0.05, 0.1) is 5.02 Å². The minimum Gasteiger partial charge on any atom is -0.482 e. The van der Waals surface area contributed by atoms with Gasteiger partial charge in [0.1, 0.15) is 5.75 Å². The number of hydrogen-bond acceptors (Lipinski definition) is 3. The van der Waals surface area contributed by atoms with E-state index in [9.17, 15) is 9.59 Å². The second-order valence-electron chi connectivity index (χ2n) is 3.76. The van der Waals surface area contributed by atoms with Gasteiger partial charge in [-0.15, -0.1) is 0 Å². The van der Waals surface area contributed by atoms with Crippen molar-refractivity contribution in [3.8, 4) is 5.75 Å². The number of carbonyl (C=O) groups excluding carboxylic acids is 2. The van der Waals surface area contributed by atoms with Crippen LogP contribution in [0.3, 0.4) is 0 Å². The molecule has 4 nitrogen and oxygen atoms in total. The second-order valence-corrected chi connectivity index (χ2v) is 4.17. The van der Waals surface area contributed by atoms with Gasteiger partial charge in [0.25, 0.3) is 5.91 Å². The molecule has 0 aromatic heterocycles. The van der Waals surface area contributed by atoms with Gasteiger partial charge in [-0.1, -0.05) is 23.7 Å². The van der Waals surface area contributed by atoms with Crippen LogP contribution in [-0.4, -0.2) is 29.9 Å². The van der Waals surface area contributed by atoms with Crippen LogP contribution in [0, 0.1) is 0 Å². The molecule has 1 aromatic rings. The molecule has 2 rings (SSSR count). The average Bonchev–Trinajstić information content (AvgIpc) is 2.74. The maximum atomic E-state index is 11.7. The highest BCUT2D eigenvalue weighted by atomic mass is 35.5. The summed E-state index contributed by atoms with van der Waals surface area (Å²) in [5, 5.41) is 0.452. The Labute approximate surface area is 104 Å². The Morgan fingerprint density at radius 2 is 2.18 bits per heavy atom. The van der Waals surface area contributed by atoms with Crippen LogP contribution in [-0.2, 0) is 9.59 Å². The zero-order valence-electron chi connectivity index (χ0n) is 9.19. The number of imide groups is 1. The van der Waals surface area contributed by atoms with E-state index < -0.39 is 0 Å². The molecule has 0 unspecified atom stereocenters. The van der Waals surface area contributed by atoms with Gasteiger partial charge in [-0.2, -0.15) is 0 Å². The van der Waals surface area contributed by atoms with E-state index in [1.54, 1.807) is 24.3 Å². The third kappa shape index (κ3) is 2.77. The Balaban J connectivity index is 1.92. The Morgan fingerprint density at radius 3 is 2.82 bits per heavy atom. The van der Waals surface area contributed by atoms with Crippen molar-refractivity contribution in [1.82, 2.24) is 4.90 Å². The molecule has 0 bridgehead atoms. The fourth-order valence-corrected chi connectivity index (χ4v) is 1.88. The molecule has 2 amide bonds. The molecule has 90 valence electrons. The van der Waals surface area contributed by atoms with Crippen molar-refractivity contribution in [2.75, 3.05) is 13.2 Å². The summed E-state index contributed by atoms with van der Waals surface area (Å²) < 4.78 is 5.28. The Hall–Kier alpha value is -1.55. The summed E-state index contributed by atoms with van der Waals surface area (Å²) in [5.74, 6) is 0.0133. The lowest BCUT2D eigenvalue weighted by Gasteiger charge is -2.14. The van der Waals surface area contributed by atoms with Crippen molar-refractivity contribution in [3.63, 3.8) is 0 Å². The van der Waals surface area contributed by atoms with Crippen molar-refractivity contribution in [2.24, 2.45) is 0 Å². The maximum absolute atomic E-state index is 11.7. The molecule has 0 spiro atoms. The van der Waals surface area contributed by atoms with Crippen molar-refractivity contribution in [2.45, 2.75) is 12.8 Å². The van der Waals surface area contributed by atoms with Gasteiger partial charge in [0.15, 0.2) is 6.61 Å². The van der Waals surface area contributed by atoms with Crippen LogP contribution < -0.4 is 4.74 Å². The molecular weight excluding hydrogens is 242 g/mol. The second kappa shape index (κ2) is 5.19. The summed E-state index contributed by atoms with van der Waals surface area (Å²) in [7, 11) is 0. The van der Waals surface area contributed by atoms with E-state index in [2.05, 4.69) is 0 Å². The summed E-state index contributed by atoms with van der Waals surface area (Å²) in [4.78, 5) is 24.2. The first kappa shape index (κ1) is 11.9. The topological polar surface area (TPSA) is 46.6 Å². The lowest BCUT2D eigenvalue weighted by molar-refractivity contribution is -0.143. The van der Waals surface area contributed by atoms with E-state index in [0.29, 0.717) is 23.7 Å². The molecule has 0 N–H and O–H groups in total. The van der Waals surface area contributed by atoms with Crippen LogP contribution >= 0.6 is 11.6 Å². The minimum absolute atomic E-state index is 0.127. The highest BCUT2D eigenvalue weighted by Gasteiger charge is 2.26. The van der Waals surface area contributed by atoms with Crippen LogP contribution in [0.25, 0.3) is 0 Å². The summed E-state index contributed by atoms with van der Waals surface area (Å²) in [6.45, 7) is 0.332. The predicted molar refractivity (Wildman–Crippen MR) is 62.9 cm³/mol. The number of para-hydroxylation sites is 1. The number of amides is 2. The molecule has 1 aromatic carbocycles. The number of likely N-dealkylation sites (tertiary alicyclic amines) is 1. The number of hydrogen-bond donors (Lipinski definition) is 0. The fourth-order valence-electron chi connectivity index (χ4n) is 1.69. The zero-order valence-corrected chi connectivity index (χ0v) is 9.94. The van der Waals surface area contributed by atoms with E-state index in [0.717, 1.165) is 6.42 Å². The number of rotatable bonds is 3. The molecule has 0 aliphatic carbocycles. The van der Waals surface area contributed by atoms with Gasteiger partial charge in [0, 0.05) is 13.0 Å². The molecule has 1 aliphatic heterocycles. The molecule has 0 radical (unpaired) electrons. The third-order valence-corrected chi connectivity index (χ3v) is 2.87.